The molecule has 2 nitrogen and oxygen atoms in total. The second kappa shape index (κ2) is 19.6. The first kappa shape index (κ1) is 44.0. The van der Waals surface area contributed by atoms with E-state index in [2.05, 4.69) is 302 Å². The van der Waals surface area contributed by atoms with E-state index in [4.69, 9.17) is 0 Å². The van der Waals surface area contributed by atoms with Crippen molar-refractivity contribution in [2.24, 2.45) is 0 Å². The smallest absolute Gasteiger partial charge is 0.0547 e. The topological polar surface area (TPSA) is 8.17 Å². The summed E-state index contributed by atoms with van der Waals surface area (Å²) in [6.45, 7) is 2.13. The van der Waals surface area contributed by atoms with Crippen LogP contribution in [-0.2, 0) is 6.42 Å². The van der Waals surface area contributed by atoms with Gasteiger partial charge in [-0.05, 0) is 140 Å². The van der Waals surface area contributed by atoms with Crippen molar-refractivity contribution in [1.82, 2.24) is 4.57 Å². The van der Waals surface area contributed by atoms with Gasteiger partial charge < -0.3 is 9.47 Å². The van der Waals surface area contributed by atoms with Crippen LogP contribution >= 0.6 is 0 Å². The molecule has 0 saturated carbocycles. The van der Waals surface area contributed by atoms with Crippen molar-refractivity contribution in [2.45, 2.75) is 13.3 Å². The number of aromatic nitrogens is 1. The average molecular weight is 921 g/mol. The van der Waals surface area contributed by atoms with Gasteiger partial charge in [0.05, 0.1) is 11.0 Å². The number of benzene rings is 11. The largest absolute Gasteiger partial charge is 0.311 e. The molecule has 0 amide bonds. The molecule has 0 spiro atoms. The molecular weight excluding hydrogens is 869 g/mol. The molecule has 342 valence electrons. The molecule has 0 saturated heterocycles. The first-order chi connectivity index (χ1) is 35.7. The van der Waals surface area contributed by atoms with E-state index >= 15 is 0 Å². The molecule has 1 heterocycles. The van der Waals surface area contributed by atoms with Crippen LogP contribution in [0.15, 0.2) is 285 Å². The maximum absolute atomic E-state index is 2.50. The van der Waals surface area contributed by atoms with E-state index in [1.54, 1.807) is 0 Å². The molecule has 0 atom stereocenters. The average Bonchev–Trinajstić information content (AvgIpc) is 3.78. The van der Waals surface area contributed by atoms with Crippen molar-refractivity contribution < 1.29 is 0 Å². The molecule has 0 aliphatic heterocycles. The van der Waals surface area contributed by atoms with Gasteiger partial charge in [0, 0.05) is 33.5 Å². The Bertz CT molecular complexity index is 3810. The van der Waals surface area contributed by atoms with Crippen LogP contribution in [0.2, 0.25) is 0 Å². The highest BCUT2D eigenvalue weighted by Gasteiger charge is 2.18. The highest BCUT2D eigenvalue weighted by Crippen LogP contribution is 2.41. The Morgan fingerprint density at radius 3 is 1.44 bits per heavy atom. The van der Waals surface area contributed by atoms with Crippen LogP contribution in [0.5, 0.6) is 0 Å². The summed E-state index contributed by atoms with van der Waals surface area (Å²) < 4.78 is 2.50. The zero-order valence-corrected chi connectivity index (χ0v) is 40.2. The summed E-state index contributed by atoms with van der Waals surface area (Å²) in [7, 11) is 0. The molecule has 72 heavy (non-hydrogen) atoms. The summed E-state index contributed by atoms with van der Waals surface area (Å²) in [5, 5.41) is 4.98. The minimum Gasteiger partial charge on any atom is -0.311 e. The van der Waals surface area contributed by atoms with Gasteiger partial charge in [0.1, 0.15) is 0 Å². The molecule has 2 heteroatoms. The van der Waals surface area contributed by atoms with Crippen molar-refractivity contribution in [3.8, 4) is 50.2 Å². The van der Waals surface area contributed by atoms with Crippen molar-refractivity contribution >= 4 is 55.2 Å². The molecule has 0 aliphatic rings. The number of fused-ring (bicyclic) bond motifs is 4. The molecule has 0 radical (unpaired) electrons. The Morgan fingerprint density at radius 2 is 0.847 bits per heavy atom. The van der Waals surface area contributed by atoms with E-state index in [1.807, 2.05) is 0 Å². The maximum Gasteiger partial charge on any atom is 0.0547 e. The lowest BCUT2D eigenvalue weighted by Gasteiger charge is -2.26. The quantitative estimate of drug-likeness (QED) is 0.111. The van der Waals surface area contributed by atoms with Crippen LogP contribution in [0.4, 0.5) is 17.1 Å². The lowest BCUT2D eigenvalue weighted by Crippen LogP contribution is -2.09. The molecular formula is C70H52N2. The number of nitrogens with zero attached hydrogens (tertiary/aromatic N) is 2. The van der Waals surface area contributed by atoms with Gasteiger partial charge in [0.2, 0.25) is 0 Å². The predicted octanol–water partition coefficient (Wildman–Crippen LogP) is 19.3. The van der Waals surface area contributed by atoms with E-state index in [9.17, 15) is 0 Å². The normalized spacial score (nSPS) is 11.8. The molecule has 12 aromatic rings. The third-order valence-electron chi connectivity index (χ3n) is 14.1. The van der Waals surface area contributed by atoms with Crippen LogP contribution < -0.4 is 4.90 Å². The second-order valence-corrected chi connectivity index (χ2v) is 18.4. The summed E-state index contributed by atoms with van der Waals surface area (Å²) in [6, 6.07) is 96.8. The monoisotopic (exact) mass is 920 g/mol. The molecule has 0 unspecified atom stereocenters. The van der Waals surface area contributed by atoms with Gasteiger partial charge in [0.25, 0.3) is 0 Å². The first-order valence-electron chi connectivity index (χ1n) is 24.9. The Labute approximate surface area is 422 Å². The lowest BCUT2D eigenvalue weighted by molar-refractivity contribution is 1.11. The fourth-order valence-electron chi connectivity index (χ4n) is 10.4. The van der Waals surface area contributed by atoms with Gasteiger partial charge in [-0.25, -0.2) is 0 Å². The number of rotatable bonds is 12. The molecule has 0 aliphatic carbocycles. The predicted molar refractivity (Wildman–Crippen MR) is 308 cm³/mol. The SMILES string of the molecule is C/C=C(\C=C/Cc1ccccc1-n1c2cc(-c3ccccc3)ccc2c2ccc(-c3cccc4ccccc34)cc21)c1ccc(N(c2ccc(-c3ccccc3)cc2)c2ccc(-c3ccccc3)cc2)cc1. The third kappa shape index (κ3) is 8.61. The summed E-state index contributed by atoms with van der Waals surface area (Å²) in [6.07, 6.45) is 7.58. The molecule has 1 aromatic heterocycles. The zero-order chi connectivity index (χ0) is 48.2. The van der Waals surface area contributed by atoms with E-state index in [0.717, 1.165) is 23.5 Å². The van der Waals surface area contributed by atoms with Gasteiger partial charge in [-0.15, -0.1) is 0 Å². The number of hydrogen-bond acceptors (Lipinski definition) is 1. The molecule has 0 N–H and O–H groups in total. The Morgan fingerprint density at radius 1 is 0.389 bits per heavy atom. The third-order valence-corrected chi connectivity index (χ3v) is 14.1. The fraction of sp³-hybridized carbons (Fsp3) is 0.0286. The van der Waals surface area contributed by atoms with Crippen LogP contribution in [0.1, 0.15) is 18.1 Å². The van der Waals surface area contributed by atoms with Gasteiger partial charge >= 0.3 is 0 Å². The van der Waals surface area contributed by atoms with E-state index in [-0.39, 0.29) is 0 Å². The van der Waals surface area contributed by atoms with Gasteiger partial charge in [-0.2, -0.15) is 0 Å². The Kier molecular flexibility index (Phi) is 12.0. The van der Waals surface area contributed by atoms with Crippen LogP contribution in [0.25, 0.3) is 88.3 Å². The molecule has 0 bridgehead atoms. The summed E-state index contributed by atoms with van der Waals surface area (Å²) in [4.78, 5) is 2.35. The molecule has 11 aromatic carbocycles. The summed E-state index contributed by atoms with van der Waals surface area (Å²) in [5.74, 6) is 0. The van der Waals surface area contributed by atoms with E-state index in [1.165, 1.54) is 99.5 Å². The number of hydrogen-bond donors (Lipinski definition) is 0. The van der Waals surface area contributed by atoms with Crippen LogP contribution in [-0.4, -0.2) is 4.57 Å². The maximum atomic E-state index is 2.50. The Balaban J connectivity index is 0.878. The fourth-order valence-corrected chi connectivity index (χ4v) is 10.4. The minimum absolute atomic E-state index is 0.764. The van der Waals surface area contributed by atoms with Gasteiger partial charge in [0.15, 0.2) is 0 Å². The highest BCUT2D eigenvalue weighted by molar-refractivity contribution is 6.12. The number of allylic oxidation sites excluding steroid dienone is 4. The zero-order valence-electron chi connectivity index (χ0n) is 40.2. The van der Waals surface area contributed by atoms with E-state index < -0.39 is 0 Å². The lowest BCUT2D eigenvalue weighted by atomic mass is 9.97. The van der Waals surface area contributed by atoms with Gasteiger partial charge in [-0.3, -0.25) is 0 Å². The Hall–Kier alpha value is -9.24. The number of anilines is 3. The second-order valence-electron chi connectivity index (χ2n) is 18.4. The summed E-state index contributed by atoms with van der Waals surface area (Å²) >= 11 is 0. The van der Waals surface area contributed by atoms with Crippen molar-refractivity contribution in [3.63, 3.8) is 0 Å². The van der Waals surface area contributed by atoms with Crippen LogP contribution in [0.3, 0.4) is 0 Å². The minimum atomic E-state index is 0.764. The first-order valence-corrected chi connectivity index (χ1v) is 24.9. The van der Waals surface area contributed by atoms with Crippen molar-refractivity contribution in [3.05, 3.63) is 296 Å². The molecule has 0 fully saturated rings. The van der Waals surface area contributed by atoms with E-state index in [0.29, 0.717) is 0 Å². The van der Waals surface area contributed by atoms with Crippen molar-refractivity contribution in [1.29, 1.82) is 0 Å². The van der Waals surface area contributed by atoms with Crippen molar-refractivity contribution in [2.75, 3.05) is 4.90 Å². The molecule has 12 rings (SSSR count). The van der Waals surface area contributed by atoms with Gasteiger partial charge in [-0.1, -0.05) is 231 Å². The number of para-hydroxylation sites is 1. The standard InChI is InChI=1S/C70H52N2/c1-2-50(54-32-40-61(41-33-54)71(62-42-34-55(35-43-62)51-18-6-3-7-19-51)63-44-36-56(37-45-63)52-20-8-4-9-21-52)26-16-28-58-25-13-15-31-68(58)72-69-48-59(53-22-10-5-11-23-53)38-46-66(69)67-47-39-60(49-70(67)72)65-30-17-27-57-24-12-14-29-64(57)65/h2-27,29-49H,28H2,1H3/b26-16-,50-2+. The highest BCUT2D eigenvalue weighted by atomic mass is 15.1. The van der Waals surface area contributed by atoms with Crippen LogP contribution in [0, 0.1) is 0 Å². The summed E-state index contributed by atoms with van der Waals surface area (Å²) in [5.41, 5.74) is 20.1.